The van der Waals surface area contributed by atoms with Gasteiger partial charge < -0.3 is 4.90 Å². The molecule has 4 rings (SSSR count). The maximum atomic E-state index is 12.7. The Morgan fingerprint density at radius 1 is 1.15 bits per heavy atom. The summed E-state index contributed by atoms with van der Waals surface area (Å²) in [5, 5.41) is 10.3. The van der Waals surface area contributed by atoms with Crippen LogP contribution in [-0.2, 0) is 24.1 Å². The molecule has 2 aromatic rings. The highest BCUT2D eigenvalue weighted by Gasteiger charge is 2.24. The summed E-state index contributed by atoms with van der Waals surface area (Å²) in [6.45, 7) is 0.767. The predicted molar refractivity (Wildman–Crippen MR) is 108 cm³/mol. The van der Waals surface area contributed by atoms with Crippen LogP contribution in [0.4, 0.5) is 5.69 Å². The number of aryl methyl sites for hydroxylation is 2. The maximum Gasteiger partial charge on any atom is 0.227 e. The highest BCUT2D eigenvalue weighted by Crippen LogP contribution is 2.30. The molecule has 0 bridgehead atoms. The Kier molecular flexibility index (Phi) is 5.45. The molecule has 27 heavy (non-hydrogen) atoms. The molecule has 2 aliphatic rings. The van der Waals surface area contributed by atoms with Gasteiger partial charge in [0, 0.05) is 30.1 Å². The smallest absolute Gasteiger partial charge is 0.227 e. The summed E-state index contributed by atoms with van der Waals surface area (Å²) in [5.74, 6) is 0.804. The Morgan fingerprint density at radius 3 is 2.89 bits per heavy atom. The third kappa shape index (κ3) is 3.86. The van der Waals surface area contributed by atoms with Crippen molar-refractivity contribution in [1.29, 1.82) is 5.26 Å². The Hall–Kier alpha value is -2.32. The summed E-state index contributed by atoms with van der Waals surface area (Å²) in [6, 6.07) is 12.4. The van der Waals surface area contributed by atoms with Crippen molar-refractivity contribution in [3.63, 3.8) is 0 Å². The van der Waals surface area contributed by atoms with Gasteiger partial charge >= 0.3 is 0 Å². The maximum absolute atomic E-state index is 12.7. The van der Waals surface area contributed by atoms with Crippen molar-refractivity contribution in [2.24, 2.45) is 0 Å². The lowest BCUT2D eigenvalue weighted by molar-refractivity contribution is -0.118. The number of hydrogen-bond acceptors (Lipinski definition) is 4. The van der Waals surface area contributed by atoms with Crippen molar-refractivity contribution in [2.45, 2.75) is 50.0 Å². The highest BCUT2D eigenvalue weighted by atomic mass is 32.2. The van der Waals surface area contributed by atoms with E-state index in [9.17, 15) is 10.1 Å². The van der Waals surface area contributed by atoms with Gasteiger partial charge in [-0.3, -0.25) is 4.79 Å². The van der Waals surface area contributed by atoms with Crippen LogP contribution in [0.25, 0.3) is 0 Å². The highest BCUT2D eigenvalue weighted by molar-refractivity contribution is 7.99. The molecule has 0 fully saturated rings. The molecule has 5 heteroatoms. The summed E-state index contributed by atoms with van der Waals surface area (Å²) in [7, 11) is 0. The minimum Gasteiger partial charge on any atom is -0.312 e. The summed E-state index contributed by atoms with van der Waals surface area (Å²) in [6.07, 6.45) is 6.99. The van der Waals surface area contributed by atoms with Crippen molar-refractivity contribution >= 4 is 23.4 Å². The fourth-order valence-electron chi connectivity index (χ4n) is 3.95. The normalized spacial score (nSPS) is 15.6. The molecular weight excluding hydrogens is 354 g/mol. The fourth-order valence-corrected chi connectivity index (χ4v) is 4.85. The van der Waals surface area contributed by atoms with E-state index in [0.29, 0.717) is 17.7 Å². The molecule has 1 aliphatic heterocycles. The Balaban J connectivity index is 1.41. The van der Waals surface area contributed by atoms with Crippen molar-refractivity contribution in [3.8, 4) is 6.07 Å². The molecule has 1 amide bonds. The molecule has 0 saturated carbocycles. The number of rotatable bonds is 4. The average molecular weight is 378 g/mol. The average Bonchev–Trinajstić information content (AvgIpc) is 2.99. The van der Waals surface area contributed by atoms with Crippen LogP contribution in [-0.4, -0.2) is 23.2 Å². The lowest BCUT2D eigenvalue weighted by Crippen LogP contribution is -2.29. The number of para-hydroxylation sites is 1. The van der Waals surface area contributed by atoms with Gasteiger partial charge in [-0.1, -0.05) is 24.6 Å². The van der Waals surface area contributed by atoms with Gasteiger partial charge in [-0.15, -0.1) is 11.8 Å². The molecule has 0 unspecified atom stereocenters. The van der Waals surface area contributed by atoms with Crippen LogP contribution in [0.2, 0.25) is 0 Å². The number of carbonyl (C=O) groups is 1. The van der Waals surface area contributed by atoms with Crippen LogP contribution < -0.4 is 4.90 Å². The van der Waals surface area contributed by atoms with E-state index in [0.717, 1.165) is 42.2 Å². The minimum absolute atomic E-state index is 0.153. The molecule has 1 aromatic carbocycles. The van der Waals surface area contributed by atoms with E-state index < -0.39 is 0 Å². The first-order valence-corrected chi connectivity index (χ1v) is 10.7. The van der Waals surface area contributed by atoms with Gasteiger partial charge in [0.2, 0.25) is 5.91 Å². The Bertz CT molecular complexity index is 903. The Morgan fingerprint density at radius 2 is 2.00 bits per heavy atom. The molecule has 1 aliphatic carbocycles. The minimum atomic E-state index is 0.153. The first-order chi connectivity index (χ1) is 13.3. The van der Waals surface area contributed by atoms with Crippen LogP contribution in [0.15, 0.2) is 35.4 Å². The number of pyridine rings is 1. The lowest BCUT2D eigenvalue weighted by Gasteiger charge is -2.17. The molecule has 0 N–H and O–H groups in total. The third-order valence-corrected chi connectivity index (χ3v) is 6.37. The van der Waals surface area contributed by atoms with Gasteiger partial charge in [0.1, 0.15) is 11.1 Å². The topological polar surface area (TPSA) is 57.0 Å². The molecule has 0 radical (unpaired) electrons. The zero-order valence-electron chi connectivity index (χ0n) is 15.4. The number of aromatic nitrogens is 1. The second-order valence-electron chi connectivity index (χ2n) is 7.14. The largest absolute Gasteiger partial charge is 0.312 e. The van der Waals surface area contributed by atoms with Crippen LogP contribution in [0.3, 0.4) is 0 Å². The first-order valence-electron chi connectivity index (χ1n) is 9.70. The predicted octanol–water partition coefficient (Wildman–Crippen LogP) is 4.29. The summed E-state index contributed by atoms with van der Waals surface area (Å²) < 4.78 is 0. The van der Waals surface area contributed by atoms with Gasteiger partial charge in [0.05, 0.1) is 5.56 Å². The fraction of sp³-hybridized carbons (Fsp3) is 0.409. The number of thioether (sulfide) groups is 1. The number of fused-ring (bicyclic) bond motifs is 2. The monoisotopic (exact) mass is 377 g/mol. The van der Waals surface area contributed by atoms with E-state index in [1.807, 2.05) is 29.2 Å². The second kappa shape index (κ2) is 8.14. The van der Waals surface area contributed by atoms with Crippen molar-refractivity contribution < 1.29 is 4.79 Å². The van der Waals surface area contributed by atoms with Gasteiger partial charge in [-0.25, -0.2) is 4.98 Å². The van der Waals surface area contributed by atoms with Gasteiger partial charge in [0.25, 0.3) is 0 Å². The van der Waals surface area contributed by atoms with Crippen molar-refractivity contribution in [2.75, 3.05) is 17.2 Å². The number of anilines is 1. The van der Waals surface area contributed by atoms with Crippen LogP contribution in [0, 0.1) is 11.3 Å². The van der Waals surface area contributed by atoms with E-state index >= 15 is 0 Å². The standard InChI is InChI=1S/C22H23N3OS/c23-15-18-14-17-7-2-1-3-8-19(17)24-22(18)27-13-11-21(26)25-12-10-16-6-4-5-9-20(16)25/h4-6,9,14H,1-3,7-8,10-13H2. The van der Waals surface area contributed by atoms with E-state index in [-0.39, 0.29) is 5.91 Å². The number of nitriles is 1. The van der Waals surface area contributed by atoms with Gasteiger partial charge in [0.15, 0.2) is 0 Å². The number of hydrogen-bond donors (Lipinski definition) is 0. The van der Waals surface area contributed by atoms with Crippen LogP contribution >= 0.6 is 11.8 Å². The summed E-state index contributed by atoms with van der Waals surface area (Å²) >= 11 is 1.54. The zero-order valence-corrected chi connectivity index (χ0v) is 16.2. The first kappa shape index (κ1) is 18.1. The van der Waals surface area contributed by atoms with Crippen LogP contribution in [0.5, 0.6) is 0 Å². The summed E-state index contributed by atoms with van der Waals surface area (Å²) in [4.78, 5) is 19.3. The number of nitrogens with zero attached hydrogens (tertiary/aromatic N) is 3. The lowest BCUT2D eigenvalue weighted by atomic mass is 10.1. The van der Waals surface area contributed by atoms with Crippen molar-refractivity contribution in [1.82, 2.24) is 4.98 Å². The molecule has 0 atom stereocenters. The third-order valence-electron chi connectivity index (χ3n) is 5.38. The molecule has 0 saturated heterocycles. The molecule has 138 valence electrons. The van der Waals surface area contributed by atoms with E-state index in [2.05, 4.69) is 12.1 Å². The SMILES string of the molecule is N#Cc1cc2c(nc1SCCC(=O)N1CCc3ccccc31)CCCCC2. The van der Waals surface area contributed by atoms with Crippen LogP contribution in [0.1, 0.15) is 48.1 Å². The molecular formula is C22H23N3OS. The molecule has 2 heterocycles. The molecule has 1 aromatic heterocycles. The van der Waals surface area contributed by atoms with Gasteiger partial charge in [-0.05, 0) is 55.4 Å². The number of amides is 1. The van der Waals surface area contributed by atoms with Gasteiger partial charge in [-0.2, -0.15) is 5.26 Å². The zero-order chi connectivity index (χ0) is 18.6. The molecule has 0 spiro atoms. The second-order valence-corrected chi connectivity index (χ2v) is 8.23. The van der Waals surface area contributed by atoms with E-state index in [1.165, 1.54) is 42.2 Å². The molecule has 4 nitrogen and oxygen atoms in total. The number of benzene rings is 1. The van der Waals surface area contributed by atoms with E-state index in [1.54, 1.807) is 0 Å². The summed E-state index contributed by atoms with van der Waals surface area (Å²) in [5.41, 5.74) is 5.33. The van der Waals surface area contributed by atoms with E-state index in [4.69, 9.17) is 4.98 Å². The quantitative estimate of drug-likeness (QED) is 0.589. The Labute approximate surface area is 164 Å². The number of carbonyl (C=O) groups excluding carboxylic acids is 1. The van der Waals surface area contributed by atoms with Crippen molar-refractivity contribution in [3.05, 3.63) is 52.7 Å².